The number of hydrogen-bond donors (Lipinski definition) is 0. The Morgan fingerprint density at radius 2 is 1.68 bits per heavy atom. The third-order valence-electron chi connectivity index (χ3n) is 6.49. The van der Waals surface area contributed by atoms with Crippen molar-refractivity contribution in [1.29, 1.82) is 0 Å². The maximum atomic E-state index is 11.1. The van der Waals surface area contributed by atoms with Gasteiger partial charge in [-0.3, -0.25) is 14.5 Å². The van der Waals surface area contributed by atoms with Crippen molar-refractivity contribution >= 4 is 5.97 Å². The molecule has 1 unspecified atom stereocenters. The van der Waals surface area contributed by atoms with Crippen LogP contribution in [-0.4, -0.2) is 15.7 Å². The van der Waals surface area contributed by atoms with Crippen LogP contribution in [0.4, 0.5) is 0 Å². The molecule has 1 aliphatic rings. The summed E-state index contributed by atoms with van der Waals surface area (Å²) in [6.07, 6.45) is 7.07. The van der Waals surface area contributed by atoms with Gasteiger partial charge in [-0.25, -0.2) is 4.79 Å². The molecule has 0 N–H and O–H groups in total. The van der Waals surface area contributed by atoms with Crippen molar-refractivity contribution in [1.82, 2.24) is 9.78 Å². The molecule has 1 aliphatic carbocycles. The van der Waals surface area contributed by atoms with E-state index in [2.05, 4.69) is 77.6 Å². The summed E-state index contributed by atoms with van der Waals surface area (Å²) >= 11 is 0. The predicted octanol–water partition coefficient (Wildman–Crippen LogP) is 5.73. The van der Waals surface area contributed by atoms with Crippen LogP contribution in [0.25, 0.3) is 0 Å². The number of hydrogen-bond acceptors (Lipinski definition) is 4. The van der Waals surface area contributed by atoms with E-state index in [0.717, 1.165) is 31.4 Å². The van der Waals surface area contributed by atoms with Crippen LogP contribution in [0.3, 0.4) is 0 Å². The number of fused-ring (bicyclic) bond motifs is 1. The number of aromatic nitrogens is 2. The molecule has 5 nitrogen and oxygen atoms in total. The maximum Gasteiger partial charge on any atom is 0.352 e. The van der Waals surface area contributed by atoms with Gasteiger partial charge in [0.1, 0.15) is 0 Å². The fourth-order valence-electron chi connectivity index (χ4n) is 4.95. The largest absolute Gasteiger partial charge is 0.352 e. The van der Waals surface area contributed by atoms with Crippen LogP contribution in [0.2, 0.25) is 0 Å². The Morgan fingerprint density at radius 3 is 2.35 bits per heavy atom. The van der Waals surface area contributed by atoms with Crippen LogP contribution in [0, 0.1) is 5.92 Å². The average Bonchev–Trinajstić information content (AvgIpc) is 3.31. The van der Waals surface area contributed by atoms with Gasteiger partial charge in [-0.15, -0.1) is 0 Å². The molecular formula is C29H28N2O3. The van der Waals surface area contributed by atoms with Gasteiger partial charge in [0.2, 0.25) is 0 Å². The second kappa shape index (κ2) is 9.96. The number of rotatable bonds is 7. The molecule has 0 spiro atoms. The standard InChI is InChI=1S/C29H28N2O3/c1-21(32)33-34-28-14-8-13-25-17-22(15-16-27(25)28)19-31-20-26(18-30-31)29(23-9-4-2-5-10-23)24-11-6-3-7-12-24/h2-14,18,20,22,29H,15-17,19H2,1H3. The molecule has 0 aliphatic heterocycles. The molecule has 0 bridgehead atoms. The Hall–Kier alpha value is -3.86. The van der Waals surface area contributed by atoms with Crippen LogP contribution in [0.1, 0.15) is 47.1 Å². The Balaban J connectivity index is 1.33. The molecule has 3 aromatic carbocycles. The van der Waals surface area contributed by atoms with E-state index in [4.69, 9.17) is 14.9 Å². The van der Waals surface area contributed by atoms with Crippen molar-refractivity contribution in [2.24, 2.45) is 5.92 Å². The lowest BCUT2D eigenvalue weighted by Gasteiger charge is -2.25. The highest BCUT2D eigenvalue weighted by atomic mass is 17.2. The van der Waals surface area contributed by atoms with Gasteiger partial charge in [0, 0.05) is 36.7 Å². The summed E-state index contributed by atoms with van der Waals surface area (Å²) in [5.41, 5.74) is 6.11. The summed E-state index contributed by atoms with van der Waals surface area (Å²) in [5.74, 6) is 0.825. The Bertz CT molecular complexity index is 1210. The van der Waals surface area contributed by atoms with Crippen LogP contribution in [0.5, 0.6) is 5.75 Å². The Kier molecular flexibility index (Phi) is 6.43. The zero-order valence-corrected chi connectivity index (χ0v) is 19.3. The zero-order valence-electron chi connectivity index (χ0n) is 19.3. The summed E-state index contributed by atoms with van der Waals surface area (Å²) in [4.78, 5) is 21.1. The van der Waals surface area contributed by atoms with Crippen molar-refractivity contribution in [3.63, 3.8) is 0 Å². The quantitative estimate of drug-likeness (QED) is 0.266. The molecule has 4 aromatic rings. The van der Waals surface area contributed by atoms with E-state index >= 15 is 0 Å². The minimum Gasteiger partial charge on any atom is -0.287 e. The monoisotopic (exact) mass is 452 g/mol. The first-order valence-corrected chi connectivity index (χ1v) is 11.8. The minimum atomic E-state index is -0.454. The molecular weight excluding hydrogens is 424 g/mol. The summed E-state index contributed by atoms with van der Waals surface area (Å²) in [7, 11) is 0. The van der Waals surface area contributed by atoms with E-state index in [-0.39, 0.29) is 5.92 Å². The first kappa shape index (κ1) is 22.0. The molecule has 0 radical (unpaired) electrons. The van der Waals surface area contributed by atoms with Crippen molar-refractivity contribution in [2.45, 2.75) is 38.6 Å². The summed E-state index contributed by atoms with van der Waals surface area (Å²) < 4.78 is 2.09. The zero-order chi connectivity index (χ0) is 23.3. The fourth-order valence-corrected chi connectivity index (χ4v) is 4.95. The molecule has 5 heteroatoms. The summed E-state index contributed by atoms with van der Waals surface area (Å²) in [6.45, 7) is 2.20. The van der Waals surface area contributed by atoms with Gasteiger partial charge >= 0.3 is 5.97 Å². The number of carbonyl (C=O) groups excluding carboxylic acids is 1. The molecule has 0 amide bonds. The van der Waals surface area contributed by atoms with Crippen LogP contribution in [-0.2, 0) is 29.1 Å². The van der Waals surface area contributed by atoms with E-state index in [0.29, 0.717) is 11.7 Å². The number of nitrogens with zero attached hydrogens (tertiary/aromatic N) is 2. The maximum absolute atomic E-state index is 11.1. The summed E-state index contributed by atoms with van der Waals surface area (Å²) in [6, 6.07) is 27.2. The second-order valence-corrected chi connectivity index (χ2v) is 8.91. The highest BCUT2D eigenvalue weighted by molar-refractivity contribution is 5.65. The van der Waals surface area contributed by atoms with Gasteiger partial charge in [-0.05, 0) is 47.9 Å². The first-order chi connectivity index (χ1) is 16.7. The minimum absolute atomic E-state index is 0.157. The number of carbonyl (C=O) groups is 1. The third kappa shape index (κ3) is 4.88. The molecule has 0 fully saturated rings. The van der Waals surface area contributed by atoms with Crippen molar-refractivity contribution in [2.75, 3.05) is 0 Å². The van der Waals surface area contributed by atoms with Crippen LogP contribution >= 0.6 is 0 Å². The topological polar surface area (TPSA) is 53.4 Å². The normalized spacial score (nSPS) is 15.1. The lowest BCUT2D eigenvalue weighted by molar-refractivity contribution is -0.211. The smallest absolute Gasteiger partial charge is 0.287 e. The van der Waals surface area contributed by atoms with E-state index in [1.807, 2.05) is 18.3 Å². The number of benzene rings is 3. The van der Waals surface area contributed by atoms with Gasteiger partial charge in [0.15, 0.2) is 5.75 Å². The molecule has 5 rings (SSSR count). The molecule has 1 heterocycles. The SMILES string of the molecule is CC(=O)OOc1cccc2c1CCC(Cn1cc(C(c3ccccc3)c3ccccc3)cn1)C2. The van der Waals surface area contributed by atoms with Gasteiger partial charge in [-0.2, -0.15) is 5.10 Å². The van der Waals surface area contributed by atoms with Crippen molar-refractivity contribution in [3.05, 3.63) is 119 Å². The molecule has 1 atom stereocenters. The van der Waals surface area contributed by atoms with Crippen molar-refractivity contribution in [3.8, 4) is 5.75 Å². The lowest BCUT2D eigenvalue weighted by Crippen LogP contribution is -2.20. The molecule has 0 saturated heterocycles. The third-order valence-corrected chi connectivity index (χ3v) is 6.49. The molecule has 0 saturated carbocycles. The molecule has 34 heavy (non-hydrogen) atoms. The van der Waals surface area contributed by atoms with E-state index in [1.165, 1.54) is 29.2 Å². The first-order valence-electron chi connectivity index (χ1n) is 11.8. The van der Waals surface area contributed by atoms with Gasteiger partial charge in [0.25, 0.3) is 0 Å². The Morgan fingerprint density at radius 1 is 0.971 bits per heavy atom. The highest BCUT2D eigenvalue weighted by Crippen LogP contribution is 2.34. The predicted molar refractivity (Wildman–Crippen MR) is 130 cm³/mol. The van der Waals surface area contributed by atoms with Crippen LogP contribution < -0.4 is 4.89 Å². The lowest BCUT2D eigenvalue weighted by atomic mass is 9.83. The molecule has 172 valence electrons. The van der Waals surface area contributed by atoms with Crippen LogP contribution in [0.15, 0.2) is 91.3 Å². The van der Waals surface area contributed by atoms with E-state index in [9.17, 15) is 4.79 Å². The molecule has 1 aromatic heterocycles. The fraction of sp³-hybridized carbons (Fsp3) is 0.241. The van der Waals surface area contributed by atoms with Gasteiger partial charge in [0.05, 0.1) is 6.20 Å². The summed E-state index contributed by atoms with van der Waals surface area (Å²) in [5, 5.41) is 4.74. The van der Waals surface area contributed by atoms with Gasteiger partial charge in [-0.1, -0.05) is 72.8 Å². The Labute approximate surface area is 199 Å². The van der Waals surface area contributed by atoms with E-state index in [1.54, 1.807) is 0 Å². The average molecular weight is 453 g/mol. The van der Waals surface area contributed by atoms with Gasteiger partial charge < -0.3 is 0 Å². The second-order valence-electron chi connectivity index (χ2n) is 8.91. The highest BCUT2D eigenvalue weighted by Gasteiger charge is 2.24. The van der Waals surface area contributed by atoms with Crippen molar-refractivity contribution < 1.29 is 14.6 Å². The van der Waals surface area contributed by atoms with E-state index < -0.39 is 5.97 Å².